The molecule has 0 amide bonds. The van der Waals surface area contributed by atoms with Crippen LogP contribution in [0.15, 0.2) is 120 Å². The number of benzene rings is 8. The fourth-order valence-corrected chi connectivity index (χ4v) is 7.33. The largest absolute Gasteiger partial charge is 0.487 e. The molecule has 0 bridgehead atoms. The number of ether oxygens (including phenoxy) is 3. The maximum Gasteiger partial charge on any atom is 0.177 e. The zero-order valence-corrected chi connectivity index (χ0v) is 25.8. The molecule has 9 aromatic rings. The molecular weight excluding hydrogens is 584 g/mol. The van der Waals surface area contributed by atoms with Crippen LogP contribution in [0.3, 0.4) is 0 Å². The van der Waals surface area contributed by atoms with Crippen LogP contribution in [0, 0.1) is 0 Å². The number of aliphatic hydroxyl groups excluding tert-OH is 1. The Morgan fingerprint density at radius 2 is 0.957 bits per heavy atom. The zero-order chi connectivity index (χ0) is 31.3. The third-order valence-corrected chi connectivity index (χ3v) is 9.34. The summed E-state index contributed by atoms with van der Waals surface area (Å²) in [5.41, 5.74) is 1.57. The van der Waals surface area contributed by atoms with E-state index in [1.807, 2.05) is 0 Å². The summed E-state index contributed by atoms with van der Waals surface area (Å²) in [4.78, 5) is 0. The molecule has 5 nitrogen and oxygen atoms in total. The maximum atomic E-state index is 8.92. The molecule has 47 heavy (non-hydrogen) atoms. The maximum absolute atomic E-state index is 8.92. The predicted octanol–water partition coefficient (Wildman–Crippen LogP) is 9.91. The van der Waals surface area contributed by atoms with Crippen LogP contribution in [-0.2, 0) is 9.47 Å². The molecule has 0 unspecified atom stereocenters. The van der Waals surface area contributed by atoms with Crippen LogP contribution in [0.2, 0.25) is 0 Å². The van der Waals surface area contributed by atoms with E-state index in [4.69, 9.17) is 23.7 Å². The first-order valence-corrected chi connectivity index (χ1v) is 16.2. The van der Waals surface area contributed by atoms with E-state index in [1.165, 1.54) is 59.2 Å². The third-order valence-electron chi connectivity index (χ3n) is 9.34. The van der Waals surface area contributed by atoms with Crippen LogP contribution in [0.5, 0.6) is 5.75 Å². The summed E-state index contributed by atoms with van der Waals surface area (Å²) in [5, 5.41) is 25.4. The van der Waals surface area contributed by atoms with Gasteiger partial charge in [-0.1, -0.05) is 103 Å². The van der Waals surface area contributed by atoms with E-state index >= 15 is 0 Å². The van der Waals surface area contributed by atoms with Crippen molar-refractivity contribution in [1.29, 1.82) is 0 Å². The minimum atomic E-state index is 0.00492. The summed E-state index contributed by atoms with van der Waals surface area (Å²) in [6.07, 6.45) is 0. The monoisotopic (exact) mass is 616 g/mol. The van der Waals surface area contributed by atoms with Gasteiger partial charge in [0.2, 0.25) is 0 Å². The highest BCUT2D eigenvalue weighted by Crippen LogP contribution is 2.48. The molecule has 0 saturated heterocycles. The Hall–Kier alpha value is -5.20. The van der Waals surface area contributed by atoms with Gasteiger partial charge in [-0.25, -0.2) is 0 Å². The average molecular weight is 617 g/mol. The quantitative estimate of drug-likeness (QED) is 0.129. The normalized spacial score (nSPS) is 12.2. The highest BCUT2D eigenvalue weighted by atomic mass is 16.5. The SMILES string of the molecule is OCCOCCOCCOc1cc2ccc3ccc4ccccc4c3c2c2c1oc1ccc3ccc4ccc5ccccc5c4c3c12. The Kier molecular flexibility index (Phi) is 6.90. The van der Waals surface area contributed by atoms with Crippen molar-refractivity contribution in [1.82, 2.24) is 0 Å². The number of hydrogen-bond acceptors (Lipinski definition) is 5. The molecule has 1 N–H and O–H groups in total. The van der Waals surface area contributed by atoms with Gasteiger partial charge >= 0.3 is 0 Å². The van der Waals surface area contributed by atoms with E-state index in [2.05, 4.69) is 115 Å². The van der Waals surface area contributed by atoms with Gasteiger partial charge in [-0.05, 0) is 66.0 Å². The molecule has 0 aliphatic carbocycles. The molecule has 0 spiro atoms. The van der Waals surface area contributed by atoms with Gasteiger partial charge in [0.25, 0.3) is 0 Å². The minimum Gasteiger partial charge on any atom is -0.487 e. The molecule has 8 aromatic carbocycles. The average Bonchev–Trinajstić information content (AvgIpc) is 3.52. The topological polar surface area (TPSA) is 61.1 Å². The molecule has 0 fully saturated rings. The number of fused-ring (bicyclic) bond motifs is 15. The van der Waals surface area contributed by atoms with E-state index in [1.54, 1.807) is 0 Å². The summed E-state index contributed by atoms with van der Waals surface area (Å²) in [6.45, 7) is 1.95. The van der Waals surface area contributed by atoms with Crippen LogP contribution < -0.4 is 4.74 Å². The highest BCUT2D eigenvalue weighted by Gasteiger charge is 2.22. The minimum absolute atomic E-state index is 0.00492. The lowest BCUT2D eigenvalue weighted by molar-refractivity contribution is 0.0248. The molecular formula is C42H32O5. The standard InChI is InChI=1S/C42H32O5/c43-19-20-44-21-22-45-23-24-46-35-25-31-16-15-29-12-10-27-6-2-4-8-33(27)37(29)39(31)41-40-34(47-42(35)41)18-17-30-14-13-28-11-9-26-5-1-3-7-32(26)36(28)38(30)40/h1-18,25,43H,19-24H2. The van der Waals surface area contributed by atoms with Crippen molar-refractivity contribution in [3.05, 3.63) is 115 Å². The van der Waals surface area contributed by atoms with E-state index in [0.717, 1.165) is 27.3 Å². The summed E-state index contributed by atoms with van der Waals surface area (Å²) < 4.78 is 24.4. The molecule has 5 heteroatoms. The van der Waals surface area contributed by atoms with Gasteiger partial charge in [-0.2, -0.15) is 0 Å². The first-order valence-electron chi connectivity index (χ1n) is 16.2. The second kappa shape index (κ2) is 11.6. The summed E-state index contributed by atoms with van der Waals surface area (Å²) in [6, 6.07) is 41.3. The summed E-state index contributed by atoms with van der Waals surface area (Å²) >= 11 is 0. The number of aliphatic hydroxyl groups is 1. The molecule has 1 heterocycles. The first-order chi connectivity index (χ1) is 23.3. The smallest absolute Gasteiger partial charge is 0.177 e. The van der Waals surface area contributed by atoms with Crippen LogP contribution in [0.25, 0.3) is 86.6 Å². The predicted molar refractivity (Wildman–Crippen MR) is 193 cm³/mol. The summed E-state index contributed by atoms with van der Waals surface area (Å²) in [5.74, 6) is 0.696. The van der Waals surface area contributed by atoms with Gasteiger partial charge in [-0.3, -0.25) is 0 Å². The Morgan fingerprint density at radius 1 is 0.447 bits per heavy atom. The van der Waals surface area contributed by atoms with Gasteiger partial charge < -0.3 is 23.7 Å². The third kappa shape index (κ3) is 4.58. The van der Waals surface area contributed by atoms with E-state index < -0.39 is 0 Å². The zero-order valence-electron chi connectivity index (χ0n) is 25.8. The Bertz CT molecular complexity index is 2630. The first kappa shape index (κ1) is 28.1. The summed E-state index contributed by atoms with van der Waals surface area (Å²) in [7, 11) is 0. The van der Waals surface area contributed by atoms with Crippen molar-refractivity contribution in [2.75, 3.05) is 39.6 Å². The lowest BCUT2D eigenvalue weighted by Gasteiger charge is -2.13. The van der Waals surface area contributed by atoms with Crippen molar-refractivity contribution in [2.45, 2.75) is 0 Å². The van der Waals surface area contributed by atoms with E-state index in [0.29, 0.717) is 38.8 Å². The molecule has 0 aliphatic rings. The van der Waals surface area contributed by atoms with Gasteiger partial charge in [0.05, 0.1) is 33.0 Å². The van der Waals surface area contributed by atoms with Gasteiger partial charge in [0, 0.05) is 21.5 Å². The molecule has 1 aromatic heterocycles. The van der Waals surface area contributed by atoms with E-state index in [-0.39, 0.29) is 6.61 Å². The molecule has 0 radical (unpaired) electrons. The Labute approximate surface area is 270 Å². The molecule has 0 saturated carbocycles. The van der Waals surface area contributed by atoms with Crippen molar-refractivity contribution >= 4 is 86.6 Å². The number of hydrogen-bond donors (Lipinski definition) is 1. The number of furan rings is 1. The molecule has 0 aliphatic heterocycles. The van der Waals surface area contributed by atoms with Crippen molar-refractivity contribution < 1.29 is 23.7 Å². The van der Waals surface area contributed by atoms with Crippen molar-refractivity contribution in [3.63, 3.8) is 0 Å². The lowest BCUT2D eigenvalue weighted by atomic mass is 9.90. The van der Waals surface area contributed by atoms with E-state index in [9.17, 15) is 0 Å². The fraction of sp³-hybridized carbons (Fsp3) is 0.143. The van der Waals surface area contributed by atoms with Crippen LogP contribution >= 0.6 is 0 Å². The fourth-order valence-electron chi connectivity index (χ4n) is 7.33. The molecule has 0 atom stereocenters. The second-order valence-corrected chi connectivity index (χ2v) is 12.0. The highest BCUT2D eigenvalue weighted by molar-refractivity contribution is 6.39. The van der Waals surface area contributed by atoms with Gasteiger partial charge in [0.15, 0.2) is 11.3 Å². The number of rotatable bonds is 9. The van der Waals surface area contributed by atoms with Crippen LogP contribution in [-0.4, -0.2) is 44.7 Å². The molecule has 230 valence electrons. The Morgan fingerprint density at radius 3 is 1.62 bits per heavy atom. The molecule has 9 rings (SSSR count). The lowest BCUT2D eigenvalue weighted by Crippen LogP contribution is -2.12. The van der Waals surface area contributed by atoms with Gasteiger partial charge in [-0.15, -0.1) is 0 Å². The van der Waals surface area contributed by atoms with Crippen LogP contribution in [0.4, 0.5) is 0 Å². The van der Waals surface area contributed by atoms with Crippen molar-refractivity contribution in [3.8, 4) is 5.75 Å². The van der Waals surface area contributed by atoms with Gasteiger partial charge in [0.1, 0.15) is 12.2 Å². The second-order valence-electron chi connectivity index (χ2n) is 12.0. The Balaban J connectivity index is 1.36. The van der Waals surface area contributed by atoms with Crippen molar-refractivity contribution in [2.24, 2.45) is 0 Å². The van der Waals surface area contributed by atoms with Crippen LogP contribution in [0.1, 0.15) is 0 Å².